The standard InChI is InChI=1S/C25H28BrN3O3/c1-27-14-6-9-23(27)18-29(17-20-7-4-3-5-8-20)24(30)19-28(15-16-32-2)25(31)21-10-12-22(26)13-11-21/h3-14H,15-19H2,1-2H3. The summed E-state index contributed by atoms with van der Waals surface area (Å²) >= 11 is 3.39. The lowest BCUT2D eigenvalue weighted by Crippen LogP contribution is -2.43. The van der Waals surface area contributed by atoms with Crippen LogP contribution in [-0.4, -0.2) is 53.0 Å². The maximum Gasteiger partial charge on any atom is 0.254 e. The number of rotatable bonds is 10. The van der Waals surface area contributed by atoms with E-state index in [4.69, 9.17) is 4.74 Å². The Labute approximate surface area is 197 Å². The average Bonchev–Trinajstić information content (AvgIpc) is 3.21. The number of methoxy groups -OCH3 is 1. The number of amides is 2. The number of hydrogen-bond acceptors (Lipinski definition) is 3. The van der Waals surface area contributed by atoms with E-state index in [0.29, 0.717) is 31.8 Å². The van der Waals surface area contributed by atoms with E-state index in [1.807, 2.05) is 72.4 Å². The van der Waals surface area contributed by atoms with Crippen LogP contribution in [0.3, 0.4) is 0 Å². The van der Waals surface area contributed by atoms with Crippen LogP contribution >= 0.6 is 15.9 Å². The van der Waals surface area contributed by atoms with Crippen LogP contribution in [0.1, 0.15) is 21.6 Å². The predicted octanol–water partition coefficient (Wildman–Crippen LogP) is 4.11. The maximum absolute atomic E-state index is 13.4. The van der Waals surface area contributed by atoms with E-state index in [0.717, 1.165) is 15.7 Å². The third-order valence-electron chi connectivity index (χ3n) is 5.24. The van der Waals surface area contributed by atoms with Gasteiger partial charge in [-0.1, -0.05) is 46.3 Å². The number of benzene rings is 2. The van der Waals surface area contributed by atoms with Gasteiger partial charge in [-0.15, -0.1) is 0 Å². The quantitative estimate of drug-likeness (QED) is 0.423. The zero-order valence-electron chi connectivity index (χ0n) is 18.4. The number of carbonyl (C=O) groups is 2. The maximum atomic E-state index is 13.4. The molecule has 3 aromatic rings. The summed E-state index contributed by atoms with van der Waals surface area (Å²) < 4.78 is 8.08. The molecule has 0 saturated carbocycles. The summed E-state index contributed by atoms with van der Waals surface area (Å²) in [5.74, 6) is -0.307. The Hall–Kier alpha value is -2.90. The number of carbonyl (C=O) groups excluding carboxylic acids is 2. The minimum atomic E-state index is -0.193. The van der Waals surface area contributed by atoms with Crippen LogP contribution in [0.4, 0.5) is 0 Å². The Bertz CT molecular complexity index is 1020. The molecule has 168 valence electrons. The highest BCUT2D eigenvalue weighted by molar-refractivity contribution is 9.10. The highest BCUT2D eigenvalue weighted by Crippen LogP contribution is 2.15. The van der Waals surface area contributed by atoms with Gasteiger partial charge in [0.25, 0.3) is 5.91 Å². The van der Waals surface area contributed by atoms with Gasteiger partial charge < -0.3 is 19.1 Å². The highest BCUT2D eigenvalue weighted by Gasteiger charge is 2.23. The lowest BCUT2D eigenvalue weighted by atomic mass is 10.2. The van der Waals surface area contributed by atoms with Crippen molar-refractivity contribution in [3.05, 3.63) is 94.2 Å². The molecule has 32 heavy (non-hydrogen) atoms. The van der Waals surface area contributed by atoms with Crippen LogP contribution in [0.25, 0.3) is 0 Å². The summed E-state index contributed by atoms with van der Waals surface area (Å²) in [6.45, 7) is 1.60. The first-order chi connectivity index (χ1) is 15.5. The van der Waals surface area contributed by atoms with Gasteiger partial charge in [-0.3, -0.25) is 9.59 Å². The summed E-state index contributed by atoms with van der Waals surface area (Å²) in [7, 11) is 3.55. The molecule has 0 aliphatic rings. The van der Waals surface area contributed by atoms with E-state index >= 15 is 0 Å². The molecule has 0 fully saturated rings. The second-order valence-corrected chi connectivity index (χ2v) is 8.49. The number of aromatic nitrogens is 1. The molecule has 2 aromatic carbocycles. The number of nitrogens with zero attached hydrogens (tertiary/aromatic N) is 3. The van der Waals surface area contributed by atoms with Crippen molar-refractivity contribution in [1.82, 2.24) is 14.4 Å². The number of ether oxygens (including phenoxy) is 1. The van der Waals surface area contributed by atoms with Gasteiger partial charge in [-0.2, -0.15) is 0 Å². The molecule has 2 amide bonds. The van der Waals surface area contributed by atoms with Crippen molar-refractivity contribution in [2.75, 3.05) is 26.8 Å². The Morgan fingerprint density at radius 3 is 2.28 bits per heavy atom. The van der Waals surface area contributed by atoms with Gasteiger partial charge in [-0.25, -0.2) is 0 Å². The predicted molar refractivity (Wildman–Crippen MR) is 128 cm³/mol. The number of halogens is 1. The van der Waals surface area contributed by atoms with Gasteiger partial charge in [-0.05, 0) is 42.0 Å². The first-order valence-electron chi connectivity index (χ1n) is 10.4. The van der Waals surface area contributed by atoms with Gasteiger partial charge in [0.05, 0.1) is 13.2 Å². The fraction of sp³-hybridized carbons (Fsp3) is 0.280. The molecule has 6 nitrogen and oxygen atoms in total. The smallest absolute Gasteiger partial charge is 0.254 e. The van der Waals surface area contributed by atoms with Crippen molar-refractivity contribution in [2.24, 2.45) is 7.05 Å². The SMILES string of the molecule is COCCN(CC(=O)N(Cc1ccccc1)Cc1cccn1C)C(=O)c1ccc(Br)cc1. The highest BCUT2D eigenvalue weighted by atomic mass is 79.9. The van der Waals surface area contributed by atoms with Gasteiger partial charge in [0.1, 0.15) is 6.54 Å². The zero-order chi connectivity index (χ0) is 22.9. The second-order valence-electron chi connectivity index (χ2n) is 7.57. The minimum Gasteiger partial charge on any atom is -0.383 e. The summed E-state index contributed by atoms with van der Waals surface area (Å²) in [5.41, 5.74) is 2.60. The molecule has 0 saturated heterocycles. The Morgan fingerprint density at radius 2 is 1.66 bits per heavy atom. The zero-order valence-corrected chi connectivity index (χ0v) is 20.0. The van der Waals surface area contributed by atoms with E-state index < -0.39 is 0 Å². The van der Waals surface area contributed by atoms with Crippen LogP contribution in [0.15, 0.2) is 77.4 Å². The van der Waals surface area contributed by atoms with Crippen LogP contribution < -0.4 is 0 Å². The van der Waals surface area contributed by atoms with Gasteiger partial charge >= 0.3 is 0 Å². The van der Waals surface area contributed by atoms with E-state index in [1.165, 1.54) is 0 Å². The molecule has 1 aromatic heterocycles. The van der Waals surface area contributed by atoms with Crippen LogP contribution in [0.2, 0.25) is 0 Å². The summed E-state index contributed by atoms with van der Waals surface area (Å²) in [4.78, 5) is 29.9. The number of hydrogen-bond donors (Lipinski definition) is 0. The summed E-state index contributed by atoms with van der Waals surface area (Å²) in [5, 5.41) is 0. The largest absolute Gasteiger partial charge is 0.383 e. The molecule has 0 atom stereocenters. The molecule has 0 spiro atoms. The summed E-state index contributed by atoms with van der Waals surface area (Å²) in [6.07, 6.45) is 1.96. The molecule has 0 unspecified atom stereocenters. The van der Waals surface area contributed by atoms with E-state index in [2.05, 4.69) is 15.9 Å². The van der Waals surface area contributed by atoms with Crippen molar-refractivity contribution < 1.29 is 14.3 Å². The van der Waals surface area contributed by atoms with Crippen molar-refractivity contribution in [2.45, 2.75) is 13.1 Å². The first-order valence-corrected chi connectivity index (χ1v) is 11.2. The molecule has 0 N–H and O–H groups in total. The molecule has 1 heterocycles. The minimum absolute atomic E-state index is 0.0183. The molecule has 0 radical (unpaired) electrons. The molecule has 0 bridgehead atoms. The molecule has 0 aliphatic heterocycles. The second kappa shape index (κ2) is 11.6. The van der Waals surface area contributed by atoms with E-state index in [9.17, 15) is 9.59 Å². The third kappa shape index (κ3) is 6.55. The lowest BCUT2D eigenvalue weighted by Gasteiger charge is -2.28. The Kier molecular flexibility index (Phi) is 8.64. The van der Waals surface area contributed by atoms with Crippen LogP contribution in [0, 0.1) is 0 Å². The monoisotopic (exact) mass is 497 g/mol. The first kappa shape index (κ1) is 23.8. The number of aryl methyl sites for hydroxylation is 1. The Balaban J connectivity index is 1.80. The summed E-state index contributed by atoms with van der Waals surface area (Å²) in [6, 6.07) is 21.0. The molecule has 3 rings (SSSR count). The molecule has 0 aliphatic carbocycles. The lowest BCUT2D eigenvalue weighted by molar-refractivity contribution is -0.133. The normalized spacial score (nSPS) is 10.7. The average molecular weight is 498 g/mol. The van der Waals surface area contributed by atoms with Gasteiger partial charge in [0.2, 0.25) is 5.91 Å². The topological polar surface area (TPSA) is 54.8 Å². The molecule has 7 heteroatoms. The van der Waals surface area contributed by atoms with Crippen molar-refractivity contribution >= 4 is 27.7 Å². The van der Waals surface area contributed by atoms with Crippen LogP contribution in [-0.2, 0) is 29.7 Å². The van der Waals surface area contributed by atoms with E-state index in [1.54, 1.807) is 29.0 Å². The van der Waals surface area contributed by atoms with Crippen molar-refractivity contribution in [3.8, 4) is 0 Å². The molecular weight excluding hydrogens is 470 g/mol. The molecular formula is C25H28BrN3O3. The van der Waals surface area contributed by atoms with Crippen molar-refractivity contribution in [1.29, 1.82) is 0 Å². The van der Waals surface area contributed by atoms with Crippen LogP contribution in [0.5, 0.6) is 0 Å². The van der Waals surface area contributed by atoms with Gasteiger partial charge in [0, 0.05) is 49.2 Å². The van der Waals surface area contributed by atoms with Crippen molar-refractivity contribution in [3.63, 3.8) is 0 Å². The third-order valence-corrected chi connectivity index (χ3v) is 5.77. The Morgan fingerprint density at radius 1 is 0.938 bits per heavy atom. The fourth-order valence-corrected chi connectivity index (χ4v) is 3.65. The van der Waals surface area contributed by atoms with Gasteiger partial charge in [0.15, 0.2) is 0 Å². The fourth-order valence-electron chi connectivity index (χ4n) is 3.38. The van der Waals surface area contributed by atoms with E-state index in [-0.39, 0.29) is 18.4 Å².